The van der Waals surface area contributed by atoms with Crippen LogP contribution in [0.15, 0.2) is 30.3 Å². The van der Waals surface area contributed by atoms with Gasteiger partial charge in [0.1, 0.15) is 23.6 Å². The van der Waals surface area contributed by atoms with Gasteiger partial charge in [-0.2, -0.15) is 0 Å². The van der Waals surface area contributed by atoms with Crippen LogP contribution in [0.25, 0.3) is 10.9 Å². The molecule has 0 unspecified atom stereocenters. The number of hydrogen-bond donors (Lipinski definition) is 0. The predicted octanol–water partition coefficient (Wildman–Crippen LogP) is 1.06. The quantitative estimate of drug-likeness (QED) is 0.781. The fourth-order valence-electron chi connectivity index (χ4n) is 2.74. The molecule has 0 bridgehead atoms. The monoisotopic (exact) mass is 329 g/mol. The minimum absolute atomic E-state index is 0.0118. The summed E-state index contributed by atoms with van der Waals surface area (Å²) in [6.07, 6.45) is 0. The van der Waals surface area contributed by atoms with Crippen molar-refractivity contribution in [2.45, 2.75) is 0 Å². The Hall–Kier alpha value is -2.83. The van der Waals surface area contributed by atoms with Crippen LogP contribution in [0, 0.1) is 0 Å². The number of benzene rings is 1. The van der Waals surface area contributed by atoms with Crippen molar-refractivity contribution in [1.82, 2.24) is 9.88 Å². The lowest BCUT2D eigenvalue weighted by atomic mass is 10.2. The number of piperazine rings is 1. The van der Waals surface area contributed by atoms with Gasteiger partial charge in [-0.1, -0.05) is 12.1 Å². The third kappa shape index (κ3) is 3.10. The number of nitrogens with zero attached hydrogens (tertiary/aromatic N) is 3. The van der Waals surface area contributed by atoms with E-state index in [1.54, 1.807) is 7.11 Å². The Morgan fingerprint density at radius 1 is 1.21 bits per heavy atom. The van der Waals surface area contributed by atoms with E-state index in [0.717, 1.165) is 16.7 Å². The number of pyridine rings is 1. The first-order valence-corrected chi connectivity index (χ1v) is 7.65. The molecule has 24 heavy (non-hydrogen) atoms. The number of esters is 1. The average molecular weight is 329 g/mol. The van der Waals surface area contributed by atoms with Crippen molar-refractivity contribution in [3.05, 3.63) is 30.3 Å². The van der Waals surface area contributed by atoms with Crippen LogP contribution in [-0.4, -0.2) is 62.2 Å². The van der Waals surface area contributed by atoms with Crippen molar-refractivity contribution in [2.24, 2.45) is 0 Å². The van der Waals surface area contributed by atoms with Crippen molar-refractivity contribution in [2.75, 3.05) is 45.3 Å². The molecule has 1 aliphatic rings. The molecule has 2 aromatic rings. The Labute approximate surface area is 139 Å². The molecular weight excluding hydrogens is 310 g/mol. The molecule has 7 heteroatoms. The van der Waals surface area contributed by atoms with E-state index in [4.69, 9.17) is 4.74 Å². The normalized spacial score (nSPS) is 14.8. The van der Waals surface area contributed by atoms with Crippen molar-refractivity contribution in [1.29, 1.82) is 0 Å². The summed E-state index contributed by atoms with van der Waals surface area (Å²) in [4.78, 5) is 31.6. The Balaban J connectivity index is 1.79. The van der Waals surface area contributed by atoms with Gasteiger partial charge in [-0.3, -0.25) is 9.59 Å². The molecule has 1 saturated heterocycles. The maximum absolute atomic E-state index is 12.2. The molecule has 0 atom stereocenters. The van der Waals surface area contributed by atoms with E-state index in [1.165, 1.54) is 12.0 Å². The SMILES string of the molecule is COC(=O)CN1CCN(c2ccc3cccc(OC)c3n2)CC1=O. The number of fused-ring (bicyclic) bond motifs is 1. The number of ether oxygens (including phenoxy) is 2. The number of aromatic nitrogens is 1. The lowest BCUT2D eigenvalue weighted by Gasteiger charge is -2.34. The molecule has 7 nitrogen and oxygen atoms in total. The van der Waals surface area contributed by atoms with Gasteiger partial charge in [-0.15, -0.1) is 0 Å². The molecular formula is C17H19N3O4. The lowest BCUT2D eigenvalue weighted by molar-refractivity contribution is -0.147. The lowest BCUT2D eigenvalue weighted by Crippen LogP contribution is -2.52. The summed E-state index contributed by atoms with van der Waals surface area (Å²) in [7, 11) is 2.92. The van der Waals surface area contributed by atoms with E-state index < -0.39 is 5.97 Å². The molecule has 1 fully saturated rings. The average Bonchev–Trinajstić information content (AvgIpc) is 2.62. The largest absolute Gasteiger partial charge is 0.494 e. The third-order valence-corrected chi connectivity index (χ3v) is 4.08. The summed E-state index contributed by atoms with van der Waals surface area (Å²) < 4.78 is 9.97. The van der Waals surface area contributed by atoms with Gasteiger partial charge in [-0.25, -0.2) is 4.98 Å². The van der Waals surface area contributed by atoms with Gasteiger partial charge in [0.05, 0.1) is 20.8 Å². The summed E-state index contributed by atoms with van der Waals surface area (Å²) in [5.41, 5.74) is 0.766. The molecule has 0 N–H and O–H groups in total. The van der Waals surface area contributed by atoms with Crippen LogP contribution in [0.2, 0.25) is 0 Å². The smallest absolute Gasteiger partial charge is 0.325 e. The second kappa shape index (κ2) is 6.74. The highest BCUT2D eigenvalue weighted by atomic mass is 16.5. The van der Waals surface area contributed by atoms with Gasteiger partial charge in [0.25, 0.3) is 0 Å². The maximum Gasteiger partial charge on any atom is 0.325 e. The van der Waals surface area contributed by atoms with Gasteiger partial charge in [0.2, 0.25) is 5.91 Å². The number of anilines is 1. The van der Waals surface area contributed by atoms with E-state index in [1.807, 2.05) is 35.2 Å². The molecule has 0 radical (unpaired) electrons. The van der Waals surface area contributed by atoms with Gasteiger partial charge in [-0.05, 0) is 18.2 Å². The first-order chi connectivity index (χ1) is 11.6. The standard InChI is InChI=1S/C17H19N3O4/c1-23-13-5-3-4-12-6-7-14(18-17(12)13)19-8-9-20(15(21)10-19)11-16(22)24-2/h3-7H,8-11H2,1-2H3. The number of carbonyl (C=O) groups is 2. The van der Waals surface area contributed by atoms with Gasteiger partial charge < -0.3 is 19.3 Å². The van der Waals surface area contributed by atoms with Crippen LogP contribution in [0.5, 0.6) is 5.75 Å². The Bertz CT molecular complexity index is 778. The van der Waals surface area contributed by atoms with Crippen molar-refractivity contribution in [3.63, 3.8) is 0 Å². The summed E-state index contributed by atoms with van der Waals surface area (Å²) in [5, 5.41) is 0.980. The molecule has 1 aromatic heterocycles. The van der Waals surface area contributed by atoms with Gasteiger partial charge in [0, 0.05) is 18.5 Å². The van der Waals surface area contributed by atoms with Gasteiger partial charge >= 0.3 is 5.97 Å². The number of hydrogen-bond acceptors (Lipinski definition) is 6. The third-order valence-electron chi connectivity index (χ3n) is 4.08. The Morgan fingerprint density at radius 2 is 2.04 bits per heavy atom. The molecule has 1 amide bonds. The first-order valence-electron chi connectivity index (χ1n) is 7.65. The number of para-hydroxylation sites is 1. The molecule has 2 heterocycles. The highest BCUT2D eigenvalue weighted by Crippen LogP contribution is 2.26. The summed E-state index contributed by atoms with van der Waals surface area (Å²) in [5.74, 6) is 0.891. The molecule has 3 rings (SSSR count). The molecule has 0 aliphatic carbocycles. The van der Waals surface area contributed by atoms with E-state index in [-0.39, 0.29) is 19.0 Å². The molecule has 0 spiro atoms. The topological polar surface area (TPSA) is 72.0 Å². The van der Waals surface area contributed by atoms with Crippen LogP contribution in [0.4, 0.5) is 5.82 Å². The maximum atomic E-state index is 12.2. The van der Waals surface area contributed by atoms with Crippen molar-refractivity contribution in [3.8, 4) is 5.75 Å². The molecule has 1 aromatic carbocycles. The highest BCUT2D eigenvalue weighted by Gasteiger charge is 2.26. The van der Waals surface area contributed by atoms with E-state index >= 15 is 0 Å². The van der Waals surface area contributed by atoms with Crippen LogP contribution in [0.3, 0.4) is 0 Å². The molecule has 1 aliphatic heterocycles. The summed E-state index contributed by atoms with van der Waals surface area (Å²) in [6, 6.07) is 9.60. The highest BCUT2D eigenvalue weighted by molar-refractivity contribution is 5.88. The number of amides is 1. The molecule has 0 saturated carbocycles. The zero-order valence-corrected chi connectivity index (χ0v) is 13.7. The summed E-state index contributed by atoms with van der Waals surface area (Å²) >= 11 is 0. The summed E-state index contributed by atoms with van der Waals surface area (Å²) in [6.45, 7) is 1.24. The van der Waals surface area contributed by atoms with Gasteiger partial charge in [0.15, 0.2) is 0 Å². The van der Waals surface area contributed by atoms with E-state index in [0.29, 0.717) is 18.8 Å². The van der Waals surface area contributed by atoms with Crippen molar-refractivity contribution >= 4 is 28.6 Å². The zero-order chi connectivity index (χ0) is 17.1. The Morgan fingerprint density at radius 3 is 2.75 bits per heavy atom. The minimum Gasteiger partial charge on any atom is -0.494 e. The van der Waals surface area contributed by atoms with Crippen LogP contribution in [0.1, 0.15) is 0 Å². The van der Waals surface area contributed by atoms with E-state index in [9.17, 15) is 9.59 Å². The fourth-order valence-corrected chi connectivity index (χ4v) is 2.74. The first kappa shape index (κ1) is 16.0. The van der Waals surface area contributed by atoms with Crippen LogP contribution in [-0.2, 0) is 14.3 Å². The second-order valence-electron chi connectivity index (χ2n) is 5.51. The minimum atomic E-state index is -0.412. The second-order valence-corrected chi connectivity index (χ2v) is 5.51. The van der Waals surface area contributed by atoms with Crippen LogP contribution < -0.4 is 9.64 Å². The zero-order valence-electron chi connectivity index (χ0n) is 13.7. The fraction of sp³-hybridized carbons (Fsp3) is 0.353. The number of methoxy groups -OCH3 is 2. The number of rotatable bonds is 4. The molecule has 126 valence electrons. The number of carbonyl (C=O) groups excluding carboxylic acids is 2. The predicted molar refractivity (Wildman–Crippen MR) is 89.1 cm³/mol. The Kier molecular flexibility index (Phi) is 4.50. The van der Waals surface area contributed by atoms with Crippen LogP contribution >= 0.6 is 0 Å². The van der Waals surface area contributed by atoms with E-state index in [2.05, 4.69) is 9.72 Å². The van der Waals surface area contributed by atoms with Crippen molar-refractivity contribution < 1.29 is 19.1 Å².